The van der Waals surface area contributed by atoms with Gasteiger partial charge in [0.05, 0.1) is 11.0 Å². The number of carbonyl (C=O) groups is 2. The first-order chi connectivity index (χ1) is 15.4. The molecule has 0 bridgehead atoms. The molecule has 3 saturated heterocycles. The number of rotatable bonds is 6. The smallest absolute Gasteiger partial charge is 0.254 e. The van der Waals surface area contributed by atoms with Crippen LogP contribution in [0.5, 0.6) is 0 Å². The molecule has 4 rings (SSSR count). The third kappa shape index (κ3) is 5.13. The fourth-order valence-corrected chi connectivity index (χ4v) is 7.15. The second-order valence-corrected chi connectivity index (χ2v) is 11.6. The molecule has 32 heavy (non-hydrogen) atoms. The number of hydrogen-bond donors (Lipinski definition) is 0. The largest absolute Gasteiger partial charge is 0.376 e. The van der Waals surface area contributed by atoms with Crippen LogP contribution in [0.15, 0.2) is 29.2 Å². The molecule has 2 amide bonds. The maximum Gasteiger partial charge on any atom is 0.254 e. The molecule has 0 aromatic heterocycles. The standard InChI is InChI=1S/C22H31N3O5S2/c1-17(26)23-9-11-24(12-10-23)32(28,29)21-6-4-18(5-7-21)22(27)25(19-8-14-31-16-19)15-20-3-2-13-30-20/h4-7,19-20H,2-3,8-16H2,1H3. The zero-order chi connectivity index (χ0) is 22.7. The first kappa shape index (κ1) is 23.5. The van der Waals surface area contributed by atoms with Crippen LogP contribution >= 0.6 is 11.8 Å². The molecule has 3 aliphatic rings. The van der Waals surface area contributed by atoms with Gasteiger partial charge in [0.25, 0.3) is 5.91 Å². The van der Waals surface area contributed by atoms with E-state index in [9.17, 15) is 18.0 Å². The minimum absolute atomic E-state index is 0.0434. The highest BCUT2D eigenvalue weighted by atomic mass is 32.2. The monoisotopic (exact) mass is 481 g/mol. The van der Waals surface area contributed by atoms with Gasteiger partial charge in [-0.05, 0) is 49.3 Å². The van der Waals surface area contributed by atoms with E-state index in [0.717, 1.165) is 37.4 Å². The predicted octanol–water partition coefficient (Wildman–Crippen LogP) is 1.67. The van der Waals surface area contributed by atoms with Crippen LogP contribution < -0.4 is 0 Å². The fraction of sp³-hybridized carbons (Fsp3) is 0.636. The van der Waals surface area contributed by atoms with Gasteiger partial charge < -0.3 is 14.5 Å². The number of carbonyl (C=O) groups excluding carboxylic acids is 2. The molecule has 3 aliphatic heterocycles. The summed E-state index contributed by atoms with van der Waals surface area (Å²) in [6, 6.07) is 6.47. The average molecular weight is 482 g/mol. The quantitative estimate of drug-likeness (QED) is 0.614. The molecule has 2 atom stereocenters. The van der Waals surface area contributed by atoms with Gasteiger partial charge in [-0.15, -0.1) is 0 Å². The first-order valence-corrected chi connectivity index (χ1v) is 13.8. The van der Waals surface area contributed by atoms with Crippen molar-refractivity contribution in [2.45, 2.75) is 43.2 Å². The lowest BCUT2D eigenvalue weighted by Crippen LogP contribution is -2.49. The van der Waals surface area contributed by atoms with Gasteiger partial charge in [-0.2, -0.15) is 16.1 Å². The number of ether oxygens (including phenoxy) is 1. The van der Waals surface area contributed by atoms with Crippen LogP contribution in [0.2, 0.25) is 0 Å². The van der Waals surface area contributed by atoms with Crippen LogP contribution in [-0.4, -0.2) is 97.3 Å². The van der Waals surface area contributed by atoms with Crippen LogP contribution in [-0.2, 0) is 19.6 Å². The van der Waals surface area contributed by atoms with Gasteiger partial charge in [0, 0.05) is 63.6 Å². The van der Waals surface area contributed by atoms with Gasteiger partial charge in [0.1, 0.15) is 0 Å². The summed E-state index contributed by atoms with van der Waals surface area (Å²) in [5.74, 6) is 1.87. The van der Waals surface area contributed by atoms with Gasteiger partial charge in [0.2, 0.25) is 15.9 Å². The normalized spacial score (nSPS) is 24.6. The van der Waals surface area contributed by atoms with Gasteiger partial charge in [-0.25, -0.2) is 8.42 Å². The Kier molecular flexibility index (Phi) is 7.44. The Bertz CT molecular complexity index is 917. The summed E-state index contributed by atoms with van der Waals surface area (Å²) in [6.45, 7) is 4.16. The summed E-state index contributed by atoms with van der Waals surface area (Å²) in [5.41, 5.74) is 0.500. The van der Waals surface area contributed by atoms with Crippen molar-refractivity contribution in [2.24, 2.45) is 0 Å². The van der Waals surface area contributed by atoms with Crippen LogP contribution in [0, 0.1) is 0 Å². The van der Waals surface area contributed by atoms with Gasteiger partial charge in [-0.1, -0.05) is 0 Å². The molecule has 0 spiro atoms. The van der Waals surface area contributed by atoms with Crippen molar-refractivity contribution < 1.29 is 22.7 Å². The van der Waals surface area contributed by atoms with Gasteiger partial charge in [-0.3, -0.25) is 9.59 Å². The third-order valence-electron chi connectivity index (χ3n) is 6.45. The summed E-state index contributed by atoms with van der Waals surface area (Å²) in [4.78, 5) is 28.6. The molecule has 3 fully saturated rings. The Balaban J connectivity index is 1.46. The van der Waals surface area contributed by atoms with Crippen molar-refractivity contribution in [2.75, 3.05) is 50.8 Å². The zero-order valence-corrected chi connectivity index (χ0v) is 20.1. The van der Waals surface area contributed by atoms with Crippen LogP contribution in [0.4, 0.5) is 0 Å². The lowest BCUT2D eigenvalue weighted by molar-refractivity contribution is -0.129. The Morgan fingerprint density at radius 1 is 1.12 bits per heavy atom. The fourth-order valence-electron chi connectivity index (χ4n) is 4.50. The van der Waals surface area contributed by atoms with Crippen LogP contribution in [0.3, 0.4) is 0 Å². The summed E-state index contributed by atoms with van der Waals surface area (Å²) >= 11 is 1.86. The second kappa shape index (κ2) is 10.1. The number of benzene rings is 1. The molecular weight excluding hydrogens is 450 g/mol. The third-order valence-corrected chi connectivity index (χ3v) is 9.51. The van der Waals surface area contributed by atoms with Crippen molar-refractivity contribution in [3.8, 4) is 0 Å². The van der Waals surface area contributed by atoms with Crippen molar-refractivity contribution in [3.63, 3.8) is 0 Å². The van der Waals surface area contributed by atoms with E-state index in [1.54, 1.807) is 17.0 Å². The lowest BCUT2D eigenvalue weighted by atomic mass is 10.1. The van der Waals surface area contributed by atoms with E-state index >= 15 is 0 Å². The highest BCUT2D eigenvalue weighted by molar-refractivity contribution is 7.99. The molecule has 0 saturated carbocycles. The number of nitrogens with zero attached hydrogens (tertiary/aromatic N) is 3. The van der Waals surface area contributed by atoms with Crippen LogP contribution in [0.1, 0.15) is 36.5 Å². The molecule has 3 heterocycles. The Hall–Kier alpha value is -1.62. The summed E-state index contributed by atoms with van der Waals surface area (Å²) in [5, 5.41) is 0. The highest BCUT2D eigenvalue weighted by Gasteiger charge is 2.32. The number of amides is 2. The van der Waals surface area contributed by atoms with E-state index < -0.39 is 10.0 Å². The predicted molar refractivity (Wildman–Crippen MR) is 123 cm³/mol. The molecule has 8 nitrogen and oxygen atoms in total. The number of sulfonamides is 1. The Morgan fingerprint density at radius 2 is 1.84 bits per heavy atom. The Morgan fingerprint density at radius 3 is 2.41 bits per heavy atom. The minimum atomic E-state index is -3.66. The molecule has 176 valence electrons. The summed E-state index contributed by atoms with van der Waals surface area (Å²) < 4.78 is 33.2. The minimum Gasteiger partial charge on any atom is -0.376 e. The van der Waals surface area contributed by atoms with Crippen molar-refractivity contribution in [3.05, 3.63) is 29.8 Å². The molecule has 2 unspecified atom stereocenters. The summed E-state index contributed by atoms with van der Waals surface area (Å²) in [6.07, 6.45) is 3.05. The number of hydrogen-bond acceptors (Lipinski definition) is 6. The Labute approximate surface area is 194 Å². The number of thioether (sulfide) groups is 1. The van der Waals surface area contributed by atoms with Crippen LogP contribution in [0.25, 0.3) is 0 Å². The van der Waals surface area contributed by atoms with E-state index in [4.69, 9.17) is 4.74 Å². The van der Waals surface area contributed by atoms with E-state index in [2.05, 4.69) is 0 Å². The highest BCUT2D eigenvalue weighted by Crippen LogP contribution is 2.26. The lowest BCUT2D eigenvalue weighted by Gasteiger charge is -2.33. The molecule has 1 aromatic carbocycles. The zero-order valence-electron chi connectivity index (χ0n) is 18.4. The van der Waals surface area contributed by atoms with E-state index in [1.165, 1.54) is 23.4 Å². The molecule has 0 radical (unpaired) electrons. The average Bonchev–Trinajstić information content (AvgIpc) is 3.51. The molecule has 0 aliphatic carbocycles. The van der Waals surface area contributed by atoms with E-state index in [1.807, 2.05) is 16.7 Å². The van der Waals surface area contributed by atoms with Crippen molar-refractivity contribution in [1.29, 1.82) is 0 Å². The van der Waals surface area contributed by atoms with E-state index in [0.29, 0.717) is 25.2 Å². The molecule has 1 aromatic rings. The first-order valence-electron chi connectivity index (χ1n) is 11.2. The number of piperazine rings is 1. The van der Waals surface area contributed by atoms with E-state index in [-0.39, 0.29) is 41.9 Å². The molecular formula is C22H31N3O5S2. The molecule has 10 heteroatoms. The maximum absolute atomic E-state index is 13.3. The second-order valence-electron chi connectivity index (χ2n) is 8.54. The van der Waals surface area contributed by atoms with Crippen molar-refractivity contribution >= 4 is 33.6 Å². The SMILES string of the molecule is CC(=O)N1CCN(S(=O)(=O)c2ccc(C(=O)N(CC3CCCO3)C3CCSC3)cc2)CC1. The molecule has 0 N–H and O–H groups in total. The van der Waals surface area contributed by atoms with Crippen molar-refractivity contribution in [1.82, 2.24) is 14.1 Å². The maximum atomic E-state index is 13.3. The van der Waals surface area contributed by atoms with Gasteiger partial charge >= 0.3 is 0 Å². The topological polar surface area (TPSA) is 87.2 Å². The van der Waals surface area contributed by atoms with Gasteiger partial charge in [0.15, 0.2) is 0 Å². The summed E-state index contributed by atoms with van der Waals surface area (Å²) in [7, 11) is -3.66.